The summed E-state index contributed by atoms with van der Waals surface area (Å²) in [6, 6.07) is 13.8. The van der Waals surface area contributed by atoms with E-state index in [2.05, 4.69) is 13.2 Å². The Labute approximate surface area is 246 Å². The van der Waals surface area contributed by atoms with Gasteiger partial charge in [-0.2, -0.15) is 0 Å². The highest BCUT2D eigenvalue weighted by molar-refractivity contribution is 8.02. The van der Waals surface area contributed by atoms with Crippen LogP contribution >= 0.6 is 11.8 Å². The van der Waals surface area contributed by atoms with Gasteiger partial charge in [0, 0.05) is 31.1 Å². The summed E-state index contributed by atoms with van der Waals surface area (Å²) in [6.07, 6.45) is 4.79. The molecule has 1 spiro atoms. The smallest absolute Gasteiger partial charge is 0.251 e. The number of likely N-dealkylation sites (N-methyl/N-ethyl adjacent to an activating group) is 1. The minimum Gasteiger partial charge on any atom is -0.394 e. The first-order valence-corrected chi connectivity index (χ1v) is 15.1. The van der Waals surface area contributed by atoms with E-state index in [4.69, 9.17) is 0 Å². The van der Waals surface area contributed by atoms with E-state index in [1.807, 2.05) is 62.4 Å². The molecule has 3 aliphatic heterocycles. The summed E-state index contributed by atoms with van der Waals surface area (Å²) in [5, 5.41) is 10.7. The van der Waals surface area contributed by atoms with Gasteiger partial charge in [-0.15, -0.1) is 24.9 Å². The van der Waals surface area contributed by atoms with E-state index < -0.39 is 28.7 Å². The quantitative estimate of drug-likeness (QED) is 0.429. The Kier molecular flexibility index (Phi) is 8.17. The number of carbonyl (C=O) groups is 3. The summed E-state index contributed by atoms with van der Waals surface area (Å²) >= 11 is 1.64. The summed E-state index contributed by atoms with van der Waals surface area (Å²) in [5.41, 5.74) is 3.50. The largest absolute Gasteiger partial charge is 0.394 e. The number of aliphatic hydroxyl groups excluding tert-OH is 1. The number of fused-ring (bicyclic) bond motifs is 1. The predicted molar refractivity (Wildman–Crippen MR) is 164 cm³/mol. The lowest BCUT2D eigenvalue weighted by Gasteiger charge is -2.40. The van der Waals surface area contributed by atoms with Crippen molar-refractivity contribution in [3.05, 3.63) is 90.5 Å². The molecule has 2 unspecified atom stereocenters. The van der Waals surface area contributed by atoms with Crippen LogP contribution in [0.5, 0.6) is 0 Å². The Balaban J connectivity index is 1.66. The number of thioether (sulfide) groups is 1. The van der Waals surface area contributed by atoms with E-state index >= 15 is 0 Å². The highest BCUT2D eigenvalue weighted by Gasteiger charge is 2.74. The second-order valence-corrected chi connectivity index (χ2v) is 13.0. The van der Waals surface area contributed by atoms with E-state index in [1.165, 1.54) is 0 Å². The number of hydrogen-bond acceptors (Lipinski definition) is 5. The normalized spacial score (nSPS) is 26.9. The fourth-order valence-electron chi connectivity index (χ4n) is 7.15. The number of aryl methyl sites for hydroxylation is 2. The number of anilines is 1. The molecule has 6 atom stereocenters. The van der Waals surface area contributed by atoms with Crippen molar-refractivity contribution in [2.45, 2.75) is 48.8 Å². The first-order valence-electron chi connectivity index (χ1n) is 14.2. The molecule has 3 aliphatic rings. The molecule has 0 aromatic heterocycles. The van der Waals surface area contributed by atoms with Crippen molar-refractivity contribution in [3.8, 4) is 0 Å². The Morgan fingerprint density at radius 1 is 1.12 bits per heavy atom. The standard InChI is InChI=1S/C33H39N3O4S/c1-6-17-34(5)30(38)27-26-15-16-33(41-26)28(27)31(39)36(25(20-37)23-11-9-8-10-12-23)29(33)32(40)35(18-7-2)24-19-21(3)13-14-22(24)4/h6-14,19,25-29,37H,1-2,15-18,20H2,3-5H3/t25-,26+,27-,28+,29?,33?/m1/s1. The number of hydrogen-bond donors (Lipinski definition) is 1. The third-order valence-corrected chi connectivity index (χ3v) is 10.9. The topological polar surface area (TPSA) is 81.2 Å². The highest BCUT2D eigenvalue weighted by Crippen LogP contribution is 2.67. The van der Waals surface area contributed by atoms with Crippen LogP contribution in [-0.2, 0) is 14.4 Å². The lowest BCUT2D eigenvalue weighted by Crippen LogP contribution is -2.56. The molecule has 3 heterocycles. The average molecular weight is 574 g/mol. The first-order chi connectivity index (χ1) is 19.7. The predicted octanol–water partition coefficient (Wildman–Crippen LogP) is 4.29. The second-order valence-electron chi connectivity index (χ2n) is 11.4. The van der Waals surface area contributed by atoms with Gasteiger partial charge in [0.15, 0.2) is 0 Å². The molecule has 41 heavy (non-hydrogen) atoms. The van der Waals surface area contributed by atoms with E-state index in [-0.39, 0.29) is 36.1 Å². The molecule has 0 radical (unpaired) electrons. The molecule has 2 bridgehead atoms. The minimum absolute atomic E-state index is 0.0426. The summed E-state index contributed by atoms with van der Waals surface area (Å²) < 4.78 is -0.770. The Morgan fingerprint density at radius 3 is 2.49 bits per heavy atom. The zero-order valence-electron chi connectivity index (χ0n) is 24.0. The Morgan fingerprint density at radius 2 is 1.83 bits per heavy atom. The third-order valence-electron chi connectivity index (χ3n) is 8.96. The minimum atomic E-state index is -0.852. The van der Waals surface area contributed by atoms with Crippen molar-refractivity contribution in [3.63, 3.8) is 0 Å². The van der Waals surface area contributed by atoms with Crippen molar-refractivity contribution in [1.82, 2.24) is 9.80 Å². The van der Waals surface area contributed by atoms with Crippen LogP contribution in [-0.4, -0.2) is 75.4 Å². The zero-order valence-corrected chi connectivity index (χ0v) is 24.8. The molecular weight excluding hydrogens is 534 g/mol. The van der Waals surface area contributed by atoms with Gasteiger partial charge in [0.1, 0.15) is 6.04 Å². The number of amides is 3. The summed E-state index contributed by atoms with van der Waals surface area (Å²) in [5.74, 6) is -1.71. The van der Waals surface area contributed by atoms with Crippen molar-refractivity contribution in [2.24, 2.45) is 11.8 Å². The molecule has 216 valence electrons. The molecule has 1 N–H and O–H groups in total. The summed E-state index contributed by atoms with van der Waals surface area (Å²) in [4.78, 5) is 48.3. The maximum atomic E-state index is 14.9. The SMILES string of the molecule is C=CCN(C)C(=O)[C@@H]1[C@@H]2CCC3(S2)C(C(=O)N(CC=C)c2cc(C)ccc2C)N([C@H](CO)c2ccccc2)C(=O)[C@H]13. The number of aliphatic hydroxyl groups is 1. The Hall–Kier alpha value is -3.36. The van der Waals surface area contributed by atoms with Crippen LogP contribution in [0.25, 0.3) is 0 Å². The maximum Gasteiger partial charge on any atom is 0.251 e. The number of rotatable bonds is 10. The number of nitrogens with zero attached hydrogens (tertiary/aromatic N) is 3. The zero-order chi connectivity index (χ0) is 29.5. The molecule has 3 saturated heterocycles. The molecule has 0 saturated carbocycles. The molecule has 7 nitrogen and oxygen atoms in total. The van der Waals surface area contributed by atoms with Gasteiger partial charge in [0.2, 0.25) is 11.8 Å². The van der Waals surface area contributed by atoms with Gasteiger partial charge in [-0.1, -0.05) is 54.6 Å². The molecule has 8 heteroatoms. The van der Waals surface area contributed by atoms with Crippen LogP contribution in [0, 0.1) is 25.7 Å². The van der Waals surface area contributed by atoms with E-state index in [9.17, 15) is 19.5 Å². The molecule has 2 aromatic rings. The molecule has 5 rings (SSSR count). The lowest BCUT2D eigenvalue weighted by atomic mass is 9.70. The third kappa shape index (κ3) is 4.71. The van der Waals surface area contributed by atoms with Crippen molar-refractivity contribution >= 4 is 35.2 Å². The fourth-order valence-corrected chi connectivity index (χ4v) is 9.34. The van der Waals surface area contributed by atoms with E-state index in [0.717, 1.165) is 28.8 Å². The summed E-state index contributed by atoms with van der Waals surface area (Å²) in [6.45, 7) is 12.0. The molecule has 0 aliphatic carbocycles. The van der Waals surface area contributed by atoms with Crippen molar-refractivity contribution in [1.29, 1.82) is 0 Å². The van der Waals surface area contributed by atoms with Gasteiger partial charge in [-0.05, 0) is 49.4 Å². The maximum absolute atomic E-state index is 14.9. The van der Waals surface area contributed by atoms with Crippen molar-refractivity contribution in [2.75, 3.05) is 31.6 Å². The molecule has 3 fully saturated rings. The van der Waals surface area contributed by atoms with Crippen LogP contribution in [0.3, 0.4) is 0 Å². The van der Waals surface area contributed by atoms with Gasteiger partial charge >= 0.3 is 0 Å². The van der Waals surface area contributed by atoms with Gasteiger partial charge in [0.25, 0.3) is 5.91 Å². The van der Waals surface area contributed by atoms with Crippen LogP contribution in [0.1, 0.15) is 35.6 Å². The Bertz CT molecular complexity index is 1360. The van der Waals surface area contributed by atoms with Crippen LogP contribution in [0.15, 0.2) is 73.8 Å². The van der Waals surface area contributed by atoms with E-state index in [0.29, 0.717) is 13.0 Å². The first kappa shape index (κ1) is 29.1. The highest BCUT2D eigenvalue weighted by atomic mass is 32.2. The molecule has 2 aromatic carbocycles. The monoisotopic (exact) mass is 573 g/mol. The fraction of sp³-hybridized carbons (Fsp3) is 0.424. The molecular formula is C33H39N3O4S. The van der Waals surface area contributed by atoms with Crippen molar-refractivity contribution < 1.29 is 19.5 Å². The van der Waals surface area contributed by atoms with Gasteiger partial charge in [-0.25, -0.2) is 0 Å². The lowest BCUT2D eigenvalue weighted by molar-refractivity contribution is -0.145. The number of likely N-dealkylation sites (tertiary alicyclic amines) is 1. The van der Waals surface area contributed by atoms with E-state index in [1.54, 1.807) is 45.7 Å². The van der Waals surface area contributed by atoms with Gasteiger partial charge in [0.05, 0.1) is 29.2 Å². The van der Waals surface area contributed by atoms with Crippen LogP contribution in [0.2, 0.25) is 0 Å². The average Bonchev–Trinajstić information content (AvgIpc) is 3.61. The van der Waals surface area contributed by atoms with Gasteiger partial charge < -0.3 is 19.8 Å². The van der Waals surface area contributed by atoms with Crippen LogP contribution < -0.4 is 4.90 Å². The van der Waals surface area contributed by atoms with Gasteiger partial charge in [-0.3, -0.25) is 14.4 Å². The summed E-state index contributed by atoms with van der Waals surface area (Å²) in [7, 11) is 1.74. The van der Waals surface area contributed by atoms with Crippen LogP contribution in [0.4, 0.5) is 5.69 Å². The second kappa shape index (κ2) is 11.5. The molecule has 3 amide bonds. The number of carbonyl (C=O) groups excluding carboxylic acids is 3. The number of benzene rings is 2.